The summed E-state index contributed by atoms with van der Waals surface area (Å²) in [5.41, 5.74) is 1.07. The van der Waals surface area contributed by atoms with Gasteiger partial charge in [-0.05, 0) is 31.0 Å². The van der Waals surface area contributed by atoms with Gasteiger partial charge in [0.25, 0.3) is 0 Å². The minimum absolute atomic E-state index is 0.0209. The minimum Gasteiger partial charge on any atom is -0.371 e. The normalized spacial score (nSPS) is 16.2. The van der Waals surface area contributed by atoms with E-state index in [1.54, 1.807) is 6.07 Å². The molecule has 0 saturated carbocycles. The monoisotopic (exact) mass is 264 g/mol. The third-order valence-electron chi connectivity index (χ3n) is 3.31. The number of nitrogens with one attached hydrogen (secondary N) is 1. The summed E-state index contributed by atoms with van der Waals surface area (Å²) in [4.78, 5) is 23.7. The number of amides is 1. The third-order valence-corrected chi connectivity index (χ3v) is 3.31. The van der Waals surface area contributed by atoms with E-state index in [-0.39, 0.29) is 11.9 Å². The van der Waals surface area contributed by atoms with E-state index in [2.05, 4.69) is 5.32 Å². The topological polar surface area (TPSA) is 49.4 Å². The Morgan fingerprint density at radius 1 is 1.37 bits per heavy atom. The molecule has 2 rings (SSSR count). The van der Waals surface area contributed by atoms with Gasteiger partial charge in [-0.1, -0.05) is 0 Å². The molecule has 0 radical (unpaired) electrons. The van der Waals surface area contributed by atoms with Gasteiger partial charge in [0.2, 0.25) is 5.91 Å². The fourth-order valence-electron chi connectivity index (χ4n) is 2.42. The molecule has 0 spiro atoms. The minimum atomic E-state index is -0.399. The van der Waals surface area contributed by atoms with Crippen LogP contribution in [0, 0.1) is 5.82 Å². The summed E-state index contributed by atoms with van der Waals surface area (Å²) in [7, 11) is 0. The van der Waals surface area contributed by atoms with Crippen LogP contribution in [-0.2, 0) is 4.79 Å². The second-order valence-corrected chi connectivity index (χ2v) is 4.82. The summed E-state index contributed by atoms with van der Waals surface area (Å²) in [6.45, 7) is 2.99. The molecule has 0 aromatic heterocycles. The van der Waals surface area contributed by atoms with E-state index in [9.17, 15) is 14.0 Å². The van der Waals surface area contributed by atoms with Gasteiger partial charge in [0.1, 0.15) is 12.1 Å². The van der Waals surface area contributed by atoms with Crippen molar-refractivity contribution in [3.05, 3.63) is 29.6 Å². The van der Waals surface area contributed by atoms with E-state index >= 15 is 0 Å². The zero-order valence-electron chi connectivity index (χ0n) is 10.9. The molecule has 1 aromatic carbocycles. The molecule has 1 fully saturated rings. The SMILES string of the molecule is CC(=O)NC1CCN(c2cc(F)cc(C=O)c2)CC1. The predicted octanol–water partition coefficient (Wildman–Crippen LogP) is 1.74. The number of anilines is 1. The van der Waals surface area contributed by atoms with Gasteiger partial charge in [-0.3, -0.25) is 9.59 Å². The number of piperidine rings is 1. The molecule has 4 nitrogen and oxygen atoms in total. The molecule has 1 amide bonds. The zero-order valence-corrected chi connectivity index (χ0v) is 10.9. The highest BCUT2D eigenvalue weighted by Crippen LogP contribution is 2.22. The fourth-order valence-corrected chi connectivity index (χ4v) is 2.42. The number of aldehydes is 1. The molecule has 5 heteroatoms. The number of hydrogen-bond acceptors (Lipinski definition) is 3. The van der Waals surface area contributed by atoms with Gasteiger partial charge >= 0.3 is 0 Å². The average molecular weight is 264 g/mol. The Hall–Kier alpha value is -1.91. The number of carbonyl (C=O) groups is 2. The van der Waals surface area contributed by atoms with Gasteiger partial charge in [0.15, 0.2) is 0 Å². The Kier molecular flexibility index (Phi) is 4.14. The highest BCUT2D eigenvalue weighted by molar-refractivity contribution is 5.77. The molecule has 1 heterocycles. The molecule has 1 aliphatic rings. The Bertz CT molecular complexity index is 482. The Balaban J connectivity index is 2.03. The van der Waals surface area contributed by atoms with Crippen molar-refractivity contribution >= 4 is 17.9 Å². The van der Waals surface area contributed by atoms with Crippen LogP contribution in [0.15, 0.2) is 18.2 Å². The highest BCUT2D eigenvalue weighted by atomic mass is 19.1. The molecule has 0 atom stereocenters. The zero-order chi connectivity index (χ0) is 13.8. The van der Waals surface area contributed by atoms with Gasteiger partial charge in [0, 0.05) is 37.3 Å². The first kappa shape index (κ1) is 13.5. The Morgan fingerprint density at radius 3 is 2.63 bits per heavy atom. The molecule has 0 aliphatic carbocycles. The van der Waals surface area contributed by atoms with Crippen molar-refractivity contribution < 1.29 is 14.0 Å². The first-order valence-corrected chi connectivity index (χ1v) is 6.36. The van der Waals surface area contributed by atoms with Crippen LogP contribution in [0.3, 0.4) is 0 Å². The van der Waals surface area contributed by atoms with E-state index in [0.717, 1.165) is 31.6 Å². The van der Waals surface area contributed by atoms with E-state index in [1.165, 1.54) is 19.1 Å². The standard InChI is InChI=1S/C14H17FN2O2/c1-10(19)16-13-2-4-17(5-3-13)14-7-11(9-18)6-12(15)8-14/h6-9,13H,2-5H2,1H3,(H,16,19). The summed E-state index contributed by atoms with van der Waals surface area (Å²) >= 11 is 0. The second-order valence-electron chi connectivity index (χ2n) is 4.82. The number of halogens is 1. The van der Waals surface area contributed by atoms with Crippen molar-refractivity contribution in [3.63, 3.8) is 0 Å². The number of rotatable bonds is 3. The molecule has 1 N–H and O–H groups in total. The van der Waals surface area contributed by atoms with Crippen LogP contribution in [0.4, 0.5) is 10.1 Å². The van der Waals surface area contributed by atoms with E-state index in [4.69, 9.17) is 0 Å². The molecule has 102 valence electrons. The average Bonchev–Trinajstić information content (AvgIpc) is 2.38. The number of carbonyl (C=O) groups excluding carboxylic acids is 2. The Labute approximate surface area is 111 Å². The predicted molar refractivity (Wildman–Crippen MR) is 70.8 cm³/mol. The summed E-state index contributed by atoms with van der Waals surface area (Å²) < 4.78 is 13.4. The molecule has 1 aromatic rings. The number of nitrogens with zero attached hydrogens (tertiary/aromatic N) is 1. The fraction of sp³-hybridized carbons (Fsp3) is 0.429. The van der Waals surface area contributed by atoms with Crippen molar-refractivity contribution in [3.8, 4) is 0 Å². The van der Waals surface area contributed by atoms with Gasteiger partial charge in [0.05, 0.1) is 0 Å². The van der Waals surface area contributed by atoms with E-state index < -0.39 is 5.82 Å². The van der Waals surface area contributed by atoms with E-state index in [0.29, 0.717) is 11.8 Å². The maximum absolute atomic E-state index is 13.4. The van der Waals surface area contributed by atoms with Crippen LogP contribution < -0.4 is 10.2 Å². The lowest BCUT2D eigenvalue weighted by Gasteiger charge is -2.33. The van der Waals surface area contributed by atoms with Crippen LogP contribution in [0.25, 0.3) is 0 Å². The van der Waals surface area contributed by atoms with Gasteiger partial charge in [-0.25, -0.2) is 4.39 Å². The van der Waals surface area contributed by atoms with Crippen LogP contribution in [0.1, 0.15) is 30.1 Å². The maximum Gasteiger partial charge on any atom is 0.217 e. The summed E-state index contributed by atoms with van der Waals surface area (Å²) in [5, 5.41) is 2.89. The lowest BCUT2D eigenvalue weighted by molar-refractivity contribution is -0.119. The van der Waals surface area contributed by atoms with Gasteiger partial charge in [-0.15, -0.1) is 0 Å². The van der Waals surface area contributed by atoms with Crippen LogP contribution in [0.2, 0.25) is 0 Å². The number of hydrogen-bond donors (Lipinski definition) is 1. The summed E-state index contributed by atoms with van der Waals surface area (Å²) in [5.74, 6) is -0.420. The summed E-state index contributed by atoms with van der Waals surface area (Å²) in [6.07, 6.45) is 2.30. The first-order valence-electron chi connectivity index (χ1n) is 6.36. The highest BCUT2D eigenvalue weighted by Gasteiger charge is 2.20. The van der Waals surface area contributed by atoms with Crippen LogP contribution in [-0.4, -0.2) is 31.3 Å². The molecular formula is C14H17FN2O2. The first-order chi connectivity index (χ1) is 9.08. The van der Waals surface area contributed by atoms with Crippen LogP contribution >= 0.6 is 0 Å². The van der Waals surface area contributed by atoms with Gasteiger partial charge < -0.3 is 10.2 Å². The van der Waals surface area contributed by atoms with Crippen molar-refractivity contribution in [2.45, 2.75) is 25.8 Å². The largest absolute Gasteiger partial charge is 0.371 e. The molecule has 1 aliphatic heterocycles. The lowest BCUT2D eigenvalue weighted by atomic mass is 10.0. The Morgan fingerprint density at radius 2 is 2.05 bits per heavy atom. The van der Waals surface area contributed by atoms with Crippen molar-refractivity contribution in [1.82, 2.24) is 5.32 Å². The van der Waals surface area contributed by atoms with E-state index in [1.807, 2.05) is 4.90 Å². The number of benzene rings is 1. The van der Waals surface area contributed by atoms with Gasteiger partial charge in [-0.2, -0.15) is 0 Å². The molecule has 19 heavy (non-hydrogen) atoms. The molecular weight excluding hydrogens is 247 g/mol. The third kappa shape index (κ3) is 3.53. The molecule has 0 unspecified atom stereocenters. The van der Waals surface area contributed by atoms with Crippen molar-refractivity contribution in [2.75, 3.05) is 18.0 Å². The molecule has 1 saturated heterocycles. The molecule has 0 bridgehead atoms. The smallest absolute Gasteiger partial charge is 0.217 e. The summed E-state index contributed by atoms with van der Waals surface area (Å²) in [6, 6.07) is 4.54. The van der Waals surface area contributed by atoms with Crippen molar-refractivity contribution in [1.29, 1.82) is 0 Å². The van der Waals surface area contributed by atoms with Crippen molar-refractivity contribution in [2.24, 2.45) is 0 Å². The quantitative estimate of drug-likeness (QED) is 0.846. The second kappa shape index (κ2) is 5.82. The van der Waals surface area contributed by atoms with Crippen LogP contribution in [0.5, 0.6) is 0 Å². The lowest BCUT2D eigenvalue weighted by Crippen LogP contribution is -2.44. The maximum atomic E-state index is 13.4.